The Hall–Kier alpha value is -2.39. The van der Waals surface area contributed by atoms with Gasteiger partial charge < -0.3 is 24.7 Å². The van der Waals surface area contributed by atoms with E-state index in [9.17, 15) is 9.59 Å². The van der Waals surface area contributed by atoms with Crippen molar-refractivity contribution in [2.24, 2.45) is 0 Å². The molecule has 2 aliphatic rings. The fourth-order valence-electron chi connectivity index (χ4n) is 3.61. The first-order chi connectivity index (χ1) is 13.5. The first-order valence-electron chi connectivity index (χ1n) is 9.24. The monoisotopic (exact) mass is 448 g/mol. The van der Waals surface area contributed by atoms with E-state index in [-0.39, 0.29) is 11.6 Å². The topological polar surface area (TPSA) is 109 Å². The number of nitrogens with zero attached hydrogens (tertiary/aromatic N) is 2. The van der Waals surface area contributed by atoms with Gasteiger partial charge in [-0.25, -0.2) is 9.78 Å². The predicted octanol–water partition coefficient (Wildman–Crippen LogP) is 3.16. The molecule has 5 rings (SSSR count). The molecule has 28 heavy (non-hydrogen) atoms. The predicted molar refractivity (Wildman–Crippen MR) is 109 cm³/mol. The highest BCUT2D eigenvalue weighted by atomic mass is 79.9. The van der Waals surface area contributed by atoms with Gasteiger partial charge in [0.1, 0.15) is 0 Å². The minimum Gasteiger partial charge on any atom is -0.465 e. The summed E-state index contributed by atoms with van der Waals surface area (Å²) in [6, 6.07) is 4.41. The molecule has 2 fully saturated rings. The molecule has 2 aromatic heterocycles. The van der Waals surface area contributed by atoms with E-state index in [2.05, 4.69) is 31.5 Å². The number of oxazole rings is 1. The Morgan fingerprint density at radius 3 is 2.82 bits per heavy atom. The summed E-state index contributed by atoms with van der Waals surface area (Å²) in [6.45, 7) is 3.71. The minimum atomic E-state index is -0.927. The van der Waals surface area contributed by atoms with E-state index >= 15 is 0 Å². The molecule has 1 aromatic carbocycles. The lowest BCUT2D eigenvalue weighted by atomic mass is 10.1. The Balaban J connectivity index is 0.000000181. The van der Waals surface area contributed by atoms with E-state index in [0.29, 0.717) is 17.1 Å². The zero-order valence-corrected chi connectivity index (χ0v) is 17.0. The smallest absolute Gasteiger partial charge is 0.404 e. The van der Waals surface area contributed by atoms with Crippen molar-refractivity contribution >= 4 is 44.0 Å². The number of carboxylic acid groups (broad SMARTS) is 1. The summed E-state index contributed by atoms with van der Waals surface area (Å²) in [5, 5.41) is 14.6. The summed E-state index contributed by atoms with van der Waals surface area (Å²) in [4.78, 5) is 26.7. The molecule has 3 heterocycles. The highest BCUT2D eigenvalue weighted by molar-refractivity contribution is 9.10. The number of pyridine rings is 1. The van der Waals surface area contributed by atoms with Crippen LogP contribution < -0.4 is 16.2 Å². The number of carbonyl (C=O) groups is 1. The summed E-state index contributed by atoms with van der Waals surface area (Å²) in [6.07, 6.45) is 3.45. The van der Waals surface area contributed by atoms with Crippen molar-refractivity contribution in [2.75, 3.05) is 13.1 Å². The van der Waals surface area contributed by atoms with Gasteiger partial charge >= 0.3 is 6.09 Å². The van der Waals surface area contributed by atoms with E-state index in [1.165, 1.54) is 6.39 Å². The van der Waals surface area contributed by atoms with Crippen molar-refractivity contribution in [2.45, 2.75) is 38.3 Å². The van der Waals surface area contributed by atoms with Gasteiger partial charge in [0.05, 0.1) is 5.52 Å². The van der Waals surface area contributed by atoms with Crippen LogP contribution in [0.4, 0.5) is 4.79 Å². The molecule has 1 atom stereocenters. The van der Waals surface area contributed by atoms with Crippen LogP contribution in [0.5, 0.6) is 0 Å². The van der Waals surface area contributed by atoms with Crippen LogP contribution >= 0.6 is 15.9 Å². The first-order valence-corrected chi connectivity index (χ1v) is 10.0. The van der Waals surface area contributed by atoms with Crippen LogP contribution in [0.3, 0.4) is 0 Å². The molecule has 8 nitrogen and oxygen atoms in total. The van der Waals surface area contributed by atoms with Crippen molar-refractivity contribution < 1.29 is 14.3 Å². The number of nitrogens with one attached hydrogen (secondary N) is 2. The van der Waals surface area contributed by atoms with Crippen LogP contribution in [0.25, 0.3) is 22.0 Å². The number of fused-ring (bicyclic) bond motifs is 3. The Morgan fingerprint density at radius 1 is 1.39 bits per heavy atom. The third kappa shape index (κ3) is 3.51. The largest absolute Gasteiger partial charge is 0.465 e. The second-order valence-electron chi connectivity index (χ2n) is 7.14. The maximum atomic E-state index is 12.6. The summed E-state index contributed by atoms with van der Waals surface area (Å²) >= 11 is 3.54. The molecule has 0 radical (unpaired) electrons. The highest BCUT2D eigenvalue weighted by Gasteiger charge is 2.29. The van der Waals surface area contributed by atoms with Crippen molar-refractivity contribution in [3.63, 3.8) is 0 Å². The van der Waals surface area contributed by atoms with Gasteiger partial charge in [-0.3, -0.25) is 4.79 Å². The summed E-state index contributed by atoms with van der Waals surface area (Å²) in [5.41, 5.74) is 3.01. The van der Waals surface area contributed by atoms with Gasteiger partial charge in [-0.1, -0.05) is 15.9 Å². The Morgan fingerprint density at radius 2 is 2.18 bits per heavy atom. The highest BCUT2D eigenvalue weighted by Crippen LogP contribution is 2.39. The van der Waals surface area contributed by atoms with Crippen LogP contribution in [0, 0.1) is 6.92 Å². The van der Waals surface area contributed by atoms with Crippen molar-refractivity contribution in [1.29, 1.82) is 0 Å². The number of benzene rings is 1. The molecule has 1 unspecified atom stereocenters. The number of halogens is 1. The van der Waals surface area contributed by atoms with Gasteiger partial charge in [0.25, 0.3) is 5.56 Å². The third-order valence-corrected chi connectivity index (χ3v) is 6.00. The minimum absolute atomic E-state index is 0.0417. The van der Waals surface area contributed by atoms with Crippen LogP contribution in [-0.2, 0) is 0 Å². The Kier molecular flexibility index (Phi) is 5.11. The summed E-state index contributed by atoms with van der Waals surface area (Å²) < 4.78 is 8.32. The second kappa shape index (κ2) is 7.56. The Bertz CT molecular complexity index is 1100. The molecule has 3 N–H and O–H groups in total. The normalized spacial score (nSPS) is 18.9. The van der Waals surface area contributed by atoms with Crippen LogP contribution in [0.15, 0.2) is 32.2 Å². The zero-order chi connectivity index (χ0) is 19.8. The molecule has 1 aliphatic carbocycles. The summed E-state index contributed by atoms with van der Waals surface area (Å²) in [7, 11) is 0. The van der Waals surface area contributed by atoms with E-state index in [1.54, 1.807) is 0 Å². The molecule has 0 bridgehead atoms. The lowest BCUT2D eigenvalue weighted by Crippen LogP contribution is -2.34. The molecule has 1 aliphatic heterocycles. The van der Waals surface area contributed by atoms with E-state index in [0.717, 1.165) is 53.3 Å². The van der Waals surface area contributed by atoms with Gasteiger partial charge in [0.15, 0.2) is 17.5 Å². The fraction of sp³-hybridized carbons (Fsp3) is 0.421. The van der Waals surface area contributed by atoms with Crippen LogP contribution in [0.2, 0.25) is 0 Å². The number of hydrogen-bond acceptors (Lipinski definition) is 5. The zero-order valence-electron chi connectivity index (χ0n) is 15.4. The average molecular weight is 449 g/mol. The van der Waals surface area contributed by atoms with Gasteiger partial charge in [-0.2, -0.15) is 0 Å². The van der Waals surface area contributed by atoms with Gasteiger partial charge in [0.2, 0.25) is 0 Å². The number of aromatic nitrogens is 2. The molecular formula is C19H21BrN4O4. The van der Waals surface area contributed by atoms with E-state index < -0.39 is 6.09 Å². The second-order valence-corrected chi connectivity index (χ2v) is 8.00. The summed E-state index contributed by atoms with van der Waals surface area (Å²) in [5.74, 6) is 0. The van der Waals surface area contributed by atoms with E-state index in [4.69, 9.17) is 9.52 Å². The van der Waals surface area contributed by atoms with Crippen molar-refractivity contribution in [3.8, 4) is 0 Å². The quantitative estimate of drug-likeness (QED) is 0.555. The van der Waals surface area contributed by atoms with Crippen molar-refractivity contribution in [1.82, 2.24) is 20.2 Å². The molecule has 9 heteroatoms. The maximum absolute atomic E-state index is 12.6. The molecule has 1 saturated carbocycles. The first kappa shape index (κ1) is 18.9. The number of rotatable bonds is 2. The molecule has 1 amide bonds. The average Bonchev–Trinajstić information content (AvgIpc) is 3.14. The third-order valence-electron chi connectivity index (χ3n) is 5.14. The SMILES string of the molecule is Cc1c(Br)ccc2c3ocnc3c(=O)n(C3CC3)c12.O=C(O)NC1CCNC1. The standard InChI is InChI=1S/C14H11BrN2O2.C5H10N2O2/c1-7-10(15)5-4-9-12(7)17(8-2-3-8)14(18)11-13(9)19-6-16-11;8-5(9)7-4-1-2-6-3-4/h4-6,8H,2-3H2,1H3;4,6-7H,1-3H2,(H,8,9). The van der Waals surface area contributed by atoms with Crippen molar-refractivity contribution in [3.05, 3.63) is 38.9 Å². The fourth-order valence-corrected chi connectivity index (χ4v) is 3.93. The van der Waals surface area contributed by atoms with Crippen LogP contribution in [-0.4, -0.2) is 39.9 Å². The molecular weight excluding hydrogens is 428 g/mol. The maximum Gasteiger partial charge on any atom is 0.404 e. The van der Waals surface area contributed by atoms with Gasteiger partial charge in [-0.15, -0.1) is 0 Å². The van der Waals surface area contributed by atoms with Gasteiger partial charge in [0, 0.05) is 28.5 Å². The lowest BCUT2D eigenvalue weighted by Gasteiger charge is -2.12. The number of amides is 1. The number of aryl methyl sites for hydroxylation is 1. The lowest BCUT2D eigenvalue weighted by molar-refractivity contribution is 0.190. The van der Waals surface area contributed by atoms with Crippen LogP contribution in [0.1, 0.15) is 30.9 Å². The van der Waals surface area contributed by atoms with Gasteiger partial charge in [-0.05, 0) is 50.4 Å². The molecule has 0 spiro atoms. The van der Waals surface area contributed by atoms with E-state index in [1.807, 2.05) is 23.6 Å². The molecule has 1 saturated heterocycles. The number of hydrogen-bond donors (Lipinski definition) is 3. The molecule has 148 valence electrons. The molecule has 3 aromatic rings. The Labute approximate surface area is 169 Å².